The minimum Gasteiger partial charge on any atom is -0.319 e. The van der Waals surface area contributed by atoms with E-state index >= 15 is 0 Å². The second kappa shape index (κ2) is 4.72. The summed E-state index contributed by atoms with van der Waals surface area (Å²) >= 11 is 13.6. The highest BCUT2D eigenvalue weighted by Crippen LogP contribution is 2.29. The van der Waals surface area contributed by atoms with Crippen LogP contribution < -0.4 is 5.73 Å². The molecule has 0 amide bonds. The fraction of sp³-hybridized carbons (Fsp3) is 0.182. The Morgan fingerprint density at radius 3 is 2.75 bits per heavy atom. The zero-order chi connectivity index (χ0) is 11.7. The minimum absolute atomic E-state index is 0.323. The smallest absolute Gasteiger partial charge is 0.0898 e. The third kappa shape index (κ3) is 2.38. The summed E-state index contributed by atoms with van der Waals surface area (Å²) in [6.07, 6.45) is 0. The standard InChI is InChI=1S/C11H10Cl2N2S/c1-6-15-10(5-16-6)11(14)8-4-7(12)2-3-9(8)13/h2-5,11H,14H2,1H3. The summed E-state index contributed by atoms with van der Waals surface area (Å²) < 4.78 is 0. The highest BCUT2D eigenvalue weighted by molar-refractivity contribution is 7.09. The molecule has 0 saturated heterocycles. The Morgan fingerprint density at radius 1 is 1.38 bits per heavy atom. The Labute approximate surface area is 108 Å². The Morgan fingerprint density at radius 2 is 2.12 bits per heavy atom. The van der Waals surface area contributed by atoms with Gasteiger partial charge in [-0.2, -0.15) is 0 Å². The number of nitrogens with zero attached hydrogens (tertiary/aromatic N) is 1. The molecule has 0 fully saturated rings. The van der Waals surface area contributed by atoms with E-state index in [1.54, 1.807) is 29.5 Å². The van der Waals surface area contributed by atoms with Gasteiger partial charge in [0, 0.05) is 15.4 Å². The van der Waals surface area contributed by atoms with Crippen molar-refractivity contribution in [1.82, 2.24) is 4.98 Å². The fourth-order valence-electron chi connectivity index (χ4n) is 1.44. The van der Waals surface area contributed by atoms with Crippen molar-refractivity contribution in [3.63, 3.8) is 0 Å². The Balaban J connectivity index is 2.40. The van der Waals surface area contributed by atoms with Crippen LogP contribution in [0.25, 0.3) is 0 Å². The van der Waals surface area contributed by atoms with E-state index in [9.17, 15) is 0 Å². The predicted octanol–water partition coefficient (Wildman–Crippen LogP) is 3.81. The number of thiazole rings is 1. The maximum atomic E-state index is 6.10. The van der Waals surface area contributed by atoms with E-state index in [1.165, 1.54) is 0 Å². The first kappa shape index (κ1) is 11.9. The molecule has 16 heavy (non-hydrogen) atoms. The van der Waals surface area contributed by atoms with Gasteiger partial charge in [-0.05, 0) is 30.7 Å². The van der Waals surface area contributed by atoms with E-state index in [0.29, 0.717) is 10.0 Å². The van der Waals surface area contributed by atoms with E-state index in [-0.39, 0.29) is 6.04 Å². The van der Waals surface area contributed by atoms with Crippen molar-refractivity contribution >= 4 is 34.5 Å². The van der Waals surface area contributed by atoms with Crippen LogP contribution in [0.2, 0.25) is 10.0 Å². The van der Waals surface area contributed by atoms with Crippen molar-refractivity contribution in [2.24, 2.45) is 5.73 Å². The highest BCUT2D eigenvalue weighted by atomic mass is 35.5. The van der Waals surface area contributed by atoms with E-state index in [2.05, 4.69) is 4.98 Å². The molecule has 1 aromatic carbocycles. The van der Waals surface area contributed by atoms with E-state index in [1.807, 2.05) is 12.3 Å². The number of hydrogen-bond acceptors (Lipinski definition) is 3. The molecule has 0 spiro atoms. The lowest BCUT2D eigenvalue weighted by molar-refractivity contribution is 0.835. The lowest BCUT2D eigenvalue weighted by Crippen LogP contribution is -2.12. The van der Waals surface area contributed by atoms with Crippen LogP contribution in [0.1, 0.15) is 22.3 Å². The van der Waals surface area contributed by atoms with Gasteiger partial charge < -0.3 is 5.73 Å². The van der Waals surface area contributed by atoms with Gasteiger partial charge in [0.15, 0.2) is 0 Å². The van der Waals surface area contributed by atoms with Crippen molar-refractivity contribution in [2.45, 2.75) is 13.0 Å². The normalized spacial score (nSPS) is 12.8. The van der Waals surface area contributed by atoms with Gasteiger partial charge in [-0.1, -0.05) is 23.2 Å². The summed E-state index contributed by atoms with van der Waals surface area (Å²) in [4.78, 5) is 4.35. The molecule has 2 aromatic rings. The molecule has 0 radical (unpaired) electrons. The van der Waals surface area contributed by atoms with Crippen LogP contribution in [0.15, 0.2) is 23.6 Å². The van der Waals surface area contributed by atoms with Crippen LogP contribution in [0.4, 0.5) is 0 Å². The maximum Gasteiger partial charge on any atom is 0.0898 e. The molecule has 1 heterocycles. The van der Waals surface area contributed by atoms with Crippen molar-refractivity contribution in [1.29, 1.82) is 0 Å². The molecule has 1 unspecified atom stereocenters. The van der Waals surface area contributed by atoms with Gasteiger partial charge in [0.25, 0.3) is 0 Å². The summed E-state index contributed by atoms with van der Waals surface area (Å²) in [6.45, 7) is 1.94. The zero-order valence-electron chi connectivity index (χ0n) is 8.58. The number of hydrogen-bond donors (Lipinski definition) is 1. The van der Waals surface area contributed by atoms with Crippen LogP contribution in [0.5, 0.6) is 0 Å². The van der Waals surface area contributed by atoms with Crippen molar-refractivity contribution in [3.8, 4) is 0 Å². The van der Waals surface area contributed by atoms with Crippen LogP contribution in [-0.4, -0.2) is 4.98 Å². The predicted molar refractivity (Wildman–Crippen MR) is 69.3 cm³/mol. The molecule has 1 atom stereocenters. The number of aromatic nitrogens is 1. The monoisotopic (exact) mass is 272 g/mol. The third-order valence-electron chi connectivity index (χ3n) is 2.25. The van der Waals surface area contributed by atoms with Crippen LogP contribution in [-0.2, 0) is 0 Å². The van der Waals surface area contributed by atoms with E-state index in [0.717, 1.165) is 16.3 Å². The van der Waals surface area contributed by atoms with Crippen molar-refractivity contribution < 1.29 is 0 Å². The van der Waals surface area contributed by atoms with Gasteiger partial charge in [-0.3, -0.25) is 0 Å². The topological polar surface area (TPSA) is 38.9 Å². The molecule has 5 heteroatoms. The highest BCUT2D eigenvalue weighted by Gasteiger charge is 2.15. The molecule has 1 aromatic heterocycles. The van der Waals surface area contributed by atoms with Crippen LogP contribution in [0.3, 0.4) is 0 Å². The molecule has 0 bridgehead atoms. The van der Waals surface area contributed by atoms with Crippen LogP contribution in [0, 0.1) is 6.92 Å². The lowest BCUT2D eigenvalue weighted by Gasteiger charge is -2.11. The van der Waals surface area contributed by atoms with Gasteiger partial charge in [0.2, 0.25) is 0 Å². The molecule has 0 aliphatic carbocycles. The molecule has 0 aliphatic heterocycles. The zero-order valence-corrected chi connectivity index (χ0v) is 10.9. The summed E-state index contributed by atoms with van der Waals surface area (Å²) in [7, 11) is 0. The van der Waals surface area contributed by atoms with Crippen LogP contribution >= 0.6 is 34.5 Å². The molecular formula is C11H10Cl2N2S. The number of halogens is 2. The van der Waals surface area contributed by atoms with Crippen molar-refractivity contribution in [3.05, 3.63) is 49.9 Å². The number of benzene rings is 1. The average molecular weight is 273 g/mol. The number of aryl methyl sites for hydroxylation is 1. The first-order valence-corrected chi connectivity index (χ1v) is 6.34. The van der Waals surface area contributed by atoms with E-state index < -0.39 is 0 Å². The summed E-state index contributed by atoms with van der Waals surface area (Å²) in [5, 5.41) is 4.17. The summed E-state index contributed by atoms with van der Waals surface area (Å²) in [6, 6.07) is 4.95. The largest absolute Gasteiger partial charge is 0.319 e. The fourth-order valence-corrected chi connectivity index (χ4v) is 2.50. The quantitative estimate of drug-likeness (QED) is 0.903. The summed E-state index contributed by atoms with van der Waals surface area (Å²) in [5.41, 5.74) is 7.73. The minimum atomic E-state index is -0.323. The molecule has 2 N–H and O–H groups in total. The summed E-state index contributed by atoms with van der Waals surface area (Å²) in [5.74, 6) is 0. The Hall–Kier alpha value is -0.610. The van der Waals surface area contributed by atoms with Gasteiger partial charge in [0.05, 0.1) is 16.7 Å². The SMILES string of the molecule is Cc1nc(C(N)c2cc(Cl)ccc2Cl)cs1. The Bertz CT molecular complexity index is 510. The molecule has 2 nitrogen and oxygen atoms in total. The second-order valence-corrected chi connectivity index (χ2v) is 5.34. The van der Waals surface area contributed by atoms with Crippen molar-refractivity contribution in [2.75, 3.05) is 0 Å². The maximum absolute atomic E-state index is 6.10. The first-order valence-electron chi connectivity index (χ1n) is 4.70. The van der Waals surface area contributed by atoms with Gasteiger partial charge >= 0.3 is 0 Å². The van der Waals surface area contributed by atoms with Gasteiger partial charge in [-0.15, -0.1) is 11.3 Å². The lowest BCUT2D eigenvalue weighted by atomic mass is 10.1. The molecule has 84 valence electrons. The first-order chi connectivity index (χ1) is 7.58. The Kier molecular flexibility index (Phi) is 3.50. The number of nitrogens with two attached hydrogens (primary N) is 1. The number of rotatable bonds is 2. The molecule has 0 saturated carbocycles. The molecule has 2 rings (SSSR count). The third-order valence-corrected chi connectivity index (χ3v) is 3.62. The molecule has 0 aliphatic rings. The average Bonchev–Trinajstić information content (AvgIpc) is 2.67. The van der Waals surface area contributed by atoms with Gasteiger partial charge in [-0.25, -0.2) is 4.98 Å². The molecular weight excluding hydrogens is 263 g/mol. The van der Waals surface area contributed by atoms with Gasteiger partial charge in [0.1, 0.15) is 0 Å². The van der Waals surface area contributed by atoms with E-state index in [4.69, 9.17) is 28.9 Å². The second-order valence-electron chi connectivity index (χ2n) is 3.43.